The number of rotatable bonds is 6. The number of carbonyl (C=O) groups is 1. The van der Waals surface area contributed by atoms with Crippen LogP contribution in [0.25, 0.3) is 0 Å². The Labute approximate surface area is 137 Å². The molecule has 1 unspecified atom stereocenters. The van der Waals surface area contributed by atoms with Crippen LogP contribution in [-0.2, 0) is 10.2 Å². The number of benzene rings is 1. The lowest BCUT2D eigenvalue weighted by molar-refractivity contribution is -0.121. The first-order chi connectivity index (χ1) is 10.7. The van der Waals surface area contributed by atoms with Gasteiger partial charge in [0.2, 0.25) is 5.91 Å². The van der Waals surface area contributed by atoms with Crippen molar-refractivity contribution in [1.82, 2.24) is 10.6 Å². The summed E-state index contributed by atoms with van der Waals surface area (Å²) in [6.07, 6.45) is 6.42. The third-order valence-corrected chi connectivity index (χ3v) is 5.59. The molecule has 1 atom stereocenters. The lowest BCUT2D eigenvalue weighted by Crippen LogP contribution is -2.45. The summed E-state index contributed by atoms with van der Waals surface area (Å²) in [6, 6.07) is 8.12. The van der Waals surface area contributed by atoms with Crippen molar-refractivity contribution in [3.05, 3.63) is 34.9 Å². The van der Waals surface area contributed by atoms with Crippen molar-refractivity contribution in [2.45, 2.75) is 43.9 Å². The molecular weight excluding hydrogens is 296 g/mol. The van der Waals surface area contributed by atoms with E-state index in [1.165, 1.54) is 18.4 Å². The Morgan fingerprint density at radius 3 is 2.68 bits per heavy atom. The van der Waals surface area contributed by atoms with E-state index in [0.29, 0.717) is 12.3 Å². The van der Waals surface area contributed by atoms with Gasteiger partial charge >= 0.3 is 0 Å². The van der Waals surface area contributed by atoms with Crippen LogP contribution in [0.1, 0.15) is 44.1 Å². The van der Waals surface area contributed by atoms with Crippen LogP contribution in [0.3, 0.4) is 0 Å². The minimum absolute atomic E-state index is 0.134. The van der Waals surface area contributed by atoms with Gasteiger partial charge in [-0.1, -0.05) is 30.2 Å². The number of hydrogen-bond donors (Lipinski definition) is 2. The first-order valence-electron chi connectivity index (χ1n) is 8.41. The minimum Gasteiger partial charge on any atom is -0.355 e. The van der Waals surface area contributed by atoms with E-state index in [1.807, 2.05) is 12.1 Å². The van der Waals surface area contributed by atoms with Crippen molar-refractivity contribution in [1.29, 1.82) is 0 Å². The van der Waals surface area contributed by atoms with Crippen LogP contribution in [0.15, 0.2) is 24.3 Å². The van der Waals surface area contributed by atoms with E-state index in [4.69, 9.17) is 11.6 Å². The van der Waals surface area contributed by atoms with Gasteiger partial charge in [-0.05, 0) is 62.4 Å². The molecule has 2 aliphatic rings. The third-order valence-electron chi connectivity index (χ3n) is 5.33. The molecule has 2 N–H and O–H groups in total. The SMILES string of the molecule is O=C(CCC1CCNC1)NCC1(c2ccc(Cl)cc2)CCC1. The van der Waals surface area contributed by atoms with E-state index in [1.54, 1.807) is 0 Å². The summed E-state index contributed by atoms with van der Waals surface area (Å²) < 4.78 is 0. The molecule has 2 fully saturated rings. The monoisotopic (exact) mass is 320 g/mol. The molecule has 1 saturated carbocycles. The van der Waals surface area contributed by atoms with E-state index in [9.17, 15) is 4.79 Å². The fraction of sp³-hybridized carbons (Fsp3) is 0.611. The van der Waals surface area contributed by atoms with Crippen LogP contribution in [0, 0.1) is 5.92 Å². The van der Waals surface area contributed by atoms with Crippen LogP contribution >= 0.6 is 11.6 Å². The van der Waals surface area contributed by atoms with Crippen molar-refractivity contribution in [3.8, 4) is 0 Å². The number of nitrogens with one attached hydrogen (secondary N) is 2. The van der Waals surface area contributed by atoms with Gasteiger partial charge in [-0.15, -0.1) is 0 Å². The smallest absolute Gasteiger partial charge is 0.220 e. The third kappa shape index (κ3) is 3.64. The fourth-order valence-electron chi connectivity index (χ4n) is 3.63. The maximum absolute atomic E-state index is 12.1. The van der Waals surface area contributed by atoms with Gasteiger partial charge in [0, 0.05) is 23.4 Å². The first-order valence-corrected chi connectivity index (χ1v) is 8.79. The molecule has 1 aliphatic heterocycles. The van der Waals surface area contributed by atoms with Crippen molar-refractivity contribution < 1.29 is 4.79 Å². The van der Waals surface area contributed by atoms with Crippen LogP contribution in [0.5, 0.6) is 0 Å². The summed E-state index contributed by atoms with van der Waals surface area (Å²) in [5.74, 6) is 0.881. The second-order valence-corrected chi connectivity index (χ2v) is 7.25. The molecule has 1 aromatic rings. The summed E-state index contributed by atoms with van der Waals surface area (Å²) in [4.78, 5) is 12.1. The van der Waals surface area contributed by atoms with Crippen molar-refractivity contribution in [2.24, 2.45) is 5.92 Å². The van der Waals surface area contributed by atoms with E-state index in [-0.39, 0.29) is 11.3 Å². The molecule has 0 radical (unpaired) electrons. The van der Waals surface area contributed by atoms with E-state index in [0.717, 1.165) is 43.9 Å². The molecule has 1 aromatic carbocycles. The Hall–Kier alpha value is -1.06. The van der Waals surface area contributed by atoms with Gasteiger partial charge in [-0.25, -0.2) is 0 Å². The zero-order valence-electron chi connectivity index (χ0n) is 13.0. The number of hydrogen-bond acceptors (Lipinski definition) is 2. The maximum Gasteiger partial charge on any atom is 0.220 e. The Bertz CT molecular complexity index is 504. The molecule has 1 saturated heterocycles. The summed E-state index contributed by atoms with van der Waals surface area (Å²) in [5.41, 5.74) is 1.44. The Balaban J connectivity index is 1.50. The normalized spacial score (nSPS) is 23.0. The predicted octanol–water partition coefficient (Wildman–Crippen LogP) is 3.27. The van der Waals surface area contributed by atoms with Crippen LogP contribution in [0.4, 0.5) is 0 Å². The van der Waals surface area contributed by atoms with E-state index in [2.05, 4.69) is 22.8 Å². The summed E-state index contributed by atoms with van der Waals surface area (Å²) in [5, 5.41) is 7.30. The lowest BCUT2D eigenvalue weighted by atomic mass is 9.64. The molecule has 4 heteroatoms. The zero-order chi connectivity index (χ0) is 15.4. The molecule has 0 spiro atoms. The Morgan fingerprint density at radius 2 is 2.09 bits per heavy atom. The Morgan fingerprint density at radius 1 is 1.32 bits per heavy atom. The van der Waals surface area contributed by atoms with Crippen molar-refractivity contribution in [3.63, 3.8) is 0 Å². The van der Waals surface area contributed by atoms with Gasteiger partial charge in [0.05, 0.1) is 0 Å². The molecule has 1 amide bonds. The second-order valence-electron chi connectivity index (χ2n) is 6.82. The van der Waals surface area contributed by atoms with Gasteiger partial charge in [0.1, 0.15) is 0 Å². The average molecular weight is 321 g/mol. The molecule has 0 bridgehead atoms. The highest BCUT2D eigenvalue weighted by atomic mass is 35.5. The number of halogens is 1. The first kappa shape index (κ1) is 15.8. The summed E-state index contributed by atoms with van der Waals surface area (Å²) >= 11 is 5.98. The standard InChI is InChI=1S/C18H25ClN2O/c19-16-5-3-15(4-6-16)18(9-1-10-18)13-21-17(22)7-2-14-8-11-20-12-14/h3-6,14,20H,1-2,7-13H2,(H,21,22). The molecular formula is C18H25ClN2O. The van der Waals surface area contributed by atoms with Gasteiger partial charge in [-0.2, -0.15) is 0 Å². The molecule has 1 heterocycles. The molecule has 3 nitrogen and oxygen atoms in total. The fourth-order valence-corrected chi connectivity index (χ4v) is 3.75. The predicted molar refractivity (Wildman–Crippen MR) is 90.2 cm³/mol. The highest BCUT2D eigenvalue weighted by Gasteiger charge is 2.38. The number of amides is 1. The molecule has 1 aliphatic carbocycles. The maximum atomic E-state index is 12.1. The molecule has 3 rings (SSSR count). The van der Waals surface area contributed by atoms with Crippen molar-refractivity contribution in [2.75, 3.05) is 19.6 Å². The largest absolute Gasteiger partial charge is 0.355 e. The van der Waals surface area contributed by atoms with Crippen LogP contribution in [0.2, 0.25) is 5.02 Å². The molecule has 120 valence electrons. The van der Waals surface area contributed by atoms with Crippen molar-refractivity contribution >= 4 is 17.5 Å². The van der Waals surface area contributed by atoms with Gasteiger partial charge in [-0.3, -0.25) is 4.79 Å². The summed E-state index contributed by atoms with van der Waals surface area (Å²) in [7, 11) is 0. The number of carbonyl (C=O) groups excluding carboxylic acids is 1. The highest BCUT2D eigenvalue weighted by molar-refractivity contribution is 6.30. The molecule has 0 aromatic heterocycles. The van der Waals surface area contributed by atoms with Crippen LogP contribution in [-0.4, -0.2) is 25.5 Å². The quantitative estimate of drug-likeness (QED) is 0.844. The Kier molecular flexibility index (Phi) is 5.04. The van der Waals surface area contributed by atoms with Gasteiger partial charge in [0.25, 0.3) is 0 Å². The topological polar surface area (TPSA) is 41.1 Å². The van der Waals surface area contributed by atoms with E-state index >= 15 is 0 Å². The average Bonchev–Trinajstić information content (AvgIpc) is 2.99. The minimum atomic E-state index is 0.134. The van der Waals surface area contributed by atoms with E-state index < -0.39 is 0 Å². The van der Waals surface area contributed by atoms with Gasteiger partial charge in [0.15, 0.2) is 0 Å². The molecule has 22 heavy (non-hydrogen) atoms. The highest BCUT2D eigenvalue weighted by Crippen LogP contribution is 2.43. The lowest BCUT2D eigenvalue weighted by Gasteiger charge is -2.42. The summed E-state index contributed by atoms with van der Waals surface area (Å²) in [6.45, 7) is 2.93. The van der Waals surface area contributed by atoms with Crippen LogP contribution < -0.4 is 10.6 Å². The van der Waals surface area contributed by atoms with Gasteiger partial charge < -0.3 is 10.6 Å². The zero-order valence-corrected chi connectivity index (χ0v) is 13.8. The second kappa shape index (κ2) is 7.01.